The van der Waals surface area contributed by atoms with Crippen molar-refractivity contribution in [3.63, 3.8) is 0 Å². The van der Waals surface area contributed by atoms with Crippen LogP contribution < -0.4 is 10.6 Å². The van der Waals surface area contributed by atoms with Crippen molar-refractivity contribution < 1.29 is 9.53 Å². The summed E-state index contributed by atoms with van der Waals surface area (Å²) in [5, 5.41) is 11.1. The van der Waals surface area contributed by atoms with Crippen LogP contribution in [-0.4, -0.2) is 33.6 Å². The van der Waals surface area contributed by atoms with Crippen LogP contribution in [0.1, 0.15) is 59.1 Å². The molecule has 2 atom stereocenters. The number of amides is 1. The Kier molecular flexibility index (Phi) is 5.55. The van der Waals surface area contributed by atoms with Gasteiger partial charge < -0.3 is 15.4 Å². The molecule has 0 radical (unpaired) electrons. The highest BCUT2D eigenvalue weighted by atomic mass is 16.6. The molecule has 1 saturated carbocycles. The maximum absolute atomic E-state index is 11.9. The Morgan fingerprint density at radius 3 is 2.74 bits per heavy atom. The minimum Gasteiger partial charge on any atom is -0.444 e. The molecule has 0 aromatic carbocycles. The molecule has 1 heterocycles. The van der Waals surface area contributed by atoms with Crippen LogP contribution in [0.3, 0.4) is 0 Å². The van der Waals surface area contributed by atoms with E-state index in [0.29, 0.717) is 6.04 Å². The number of nitrogens with zero attached hydrogens (tertiary/aromatic N) is 2. The molecule has 1 aromatic heterocycles. The van der Waals surface area contributed by atoms with Gasteiger partial charge in [-0.3, -0.25) is 4.68 Å². The van der Waals surface area contributed by atoms with Gasteiger partial charge in [-0.1, -0.05) is 6.92 Å². The number of hydrogen-bond donors (Lipinski definition) is 2. The first-order valence-corrected chi connectivity index (χ1v) is 8.55. The molecule has 2 rings (SSSR count). The number of hydrogen-bond acceptors (Lipinski definition) is 4. The van der Waals surface area contributed by atoms with E-state index in [9.17, 15) is 4.79 Å². The Morgan fingerprint density at radius 2 is 2.09 bits per heavy atom. The van der Waals surface area contributed by atoms with Crippen molar-refractivity contribution in [2.45, 2.75) is 77.5 Å². The lowest BCUT2D eigenvalue weighted by Gasteiger charge is -2.31. The average molecular weight is 322 g/mol. The Hall–Kier alpha value is -1.72. The highest BCUT2D eigenvalue weighted by Crippen LogP contribution is 2.24. The highest BCUT2D eigenvalue weighted by Gasteiger charge is 2.26. The van der Waals surface area contributed by atoms with E-state index in [0.717, 1.165) is 43.5 Å². The molecule has 0 bridgehead atoms. The van der Waals surface area contributed by atoms with Gasteiger partial charge in [0, 0.05) is 25.3 Å². The first-order valence-electron chi connectivity index (χ1n) is 8.55. The smallest absolute Gasteiger partial charge is 0.407 e. The number of nitrogens with one attached hydrogen (secondary N) is 2. The maximum Gasteiger partial charge on any atom is 0.407 e. The lowest BCUT2D eigenvalue weighted by Crippen LogP contribution is -2.43. The first kappa shape index (κ1) is 17.6. The van der Waals surface area contributed by atoms with Gasteiger partial charge in [-0.25, -0.2) is 4.79 Å². The number of aromatic nitrogens is 2. The number of aryl methyl sites for hydroxylation is 2. The van der Waals surface area contributed by atoms with Crippen LogP contribution in [0.25, 0.3) is 0 Å². The zero-order chi connectivity index (χ0) is 17.0. The van der Waals surface area contributed by atoms with Crippen molar-refractivity contribution in [1.82, 2.24) is 15.1 Å². The molecular formula is C17H30N4O2. The monoisotopic (exact) mass is 322 g/mol. The Balaban J connectivity index is 1.89. The highest BCUT2D eigenvalue weighted by molar-refractivity contribution is 5.68. The van der Waals surface area contributed by atoms with Crippen molar-refractivity contribution in [1.29, 1.82) is 0 Å². The lowest BCUT2D eigenvalue weighted by atomic mass is 9.91. The first-order chi connectivity index (χ1) is 10.8. The van der Waals surface area contributed by atoms with Gasteiger partial charge in [0.2, 0.25) is 0 Å². The minimum absolute atomic E-state index is 0.165. The van der Waals surface area contributed by atoms with Gasteiger partial charge in [0.05, 0.1) is 11.4 Å². The molecule has 0 aliphatic heterocycles. The summed E-state index contributed by atoms with van der Waals surface area (Å²) < 4.78 is 7.20. The molecule has 1 aromatic rings. The number of alkyl carbamates (subject to hydrolysis) is 1. The van der Waals surface area contributed by atoms with E-state index in [1.807, 2.05) is 38.7 Å². The summed E-state index contributed by atoms with van der Waals surface area (Å²) in [6.07, 6.45) is 6.75. The average Bonchev–Trinajstić information content (AvgIpc) is 2.76. The van der Waals surface area contributed by atoms with Gasteiger partial charge in [-0.2, -0.15) is 5.10 Å². The molecule has 0 saturated heterocycles. The van der Waals surface area contributed by atoms with Crippen molar-refractivity contribution in [2.24, 2.45) is 7.05 Å². The van der Waals surface area contributed by atoms with E-state index in [4.69, 9.17) is 4.74 Å². The van der Waals surface area contributed by atoms with E-state index in [-0.39, 0.29) is 12.1 Å². The zero-order valence-electron chi connectivity index (χ0n) is 15.0. The summed E-state index contributed by atoms with van der Waals surface area (Å²) in [5.41, 5.74) is 1.75. The molecule has 6 nitrogen and oxygen atoms in total. The van der Waals surface area contributed by atoms with Crippen LogP contribution in [0.2, 0.25) is 0 Å². The maximum atomic E-state index is 11.9. The molecule has 1 amide bonds. The Bertz CT molecular complexity index is 533. The van der Waals surface area contributed by atoms with Gasteiger partial charge in [0.15, 0.2) is 0 Å². The van der Waals surface area contributed by atoms with Crippen molar-refractivity contribution in [3.8, 4) is 0 Å². The van der Waals surface area contributed by atoms with Crippen LogP contribution in [0, 0.1) is 0 Å². The molecule has 0 spiro atoms. The van der Waals surface area contributed by atoms with E-state index < -0.39 is 5.60 Å². The summed E-state index contributed by atoms with van der Waals surface area (Å²) >= 11 is 0. The quantitative estimate of drug-likeness (QED) is 0.893. The van der Waals surface area contributed by atoms with E-state index in [1.165, 1.54) is 0 Å². The fourth-order valence-corrected chi connectivity index (χ4v) is 3.06. The van der Waals surface area contributed by atoms with Crippen molar-refractivity contribution >= 4 is 11.8 Å². The molecule has 1 fully saturated rings. The summed E-state index contributed by atoms with van der Waals surface area (Å²) in [7, 11) is 1.94. The third kappa shape index (κ3) is 5.44. The van der Waals surface area contributed by atoms with Crippen LogP contribution in [-0.2, 0) is 18.2 Å². The van der Waals surface area contributed by atoms with E-state index >= 15 is 0 Å². The van der Waals surface area contributed by atoms with Crippen LogP contribution in [0.4, 0.5) is 10.5 Å². The predicted octanol–water partition coefficient (Wildman–Crippen LogP) is 3.23. The largest absolute Gasteiger partial charge is 0.444 e. The van der Waals surface area contributed by atoms with Gasteiger partial charge in [0.25, 0.3) is 0 Å². The molecule has 1 aliphatic rings. The predicted molar refractivity (Wildman–Crippen MR) is 91.6 cm³/mol. The lowest BCUT2D eigenvalue weighted by molar-refractivity contribution is 0.0492. The normalized spacial score (nSPS) is 21.8. The summed E-state index contributed by atoms with van der Waals surface area (Å²) in [6.45, 7) is 7.76. The number of ether oxygens (including phenoxy) is 1. The molecule has 1 aliphatic carbocycles. The van der Waals surface area contributed by atoms with Gasteiger partial charge >= 0.3 is 6.09 Å². The van der Waals surface area contributed by atoms with Gasteiger partial charge in [-0.05, 0) is 52.9 Å². The molecule has 6 heteroatoms. The summed E-state index contributed by atoms with van der Waals surface area (Å²) in [6, 6.07) is 0.524. The molecule has 2 unspecified atom stereocenters. The number of anilines is 1. The minimum atomic E-state index is -0.456. The number of carbonyl (C=O) groups is 1. The van der Waals surface area contributed by atoms with Gasteiger partial charge in [0.1, 0.15) is 5.60 Å². The van der Waals surface area contributed by atoms with Crippen LogP contribution in [0.5, 0.6) is 0 Å². The molecule has 130 valence electrons. The van der Waals surface area contributed by atoms with Crippen LogP contribution in [0.15, 0.2) is 6.20 Å². The zero-order valence-corrected chi connectivity index (χ0v) is 15.0. The van der Waals surface area contributed by atoms with Crippen molar-refractivity contribution in [2.75, 3.05) is 5.32 Å². The molecule has 23 heavy (non-hydrogen) atoms. The SMILES string of the molecule is CCc1nn(C)cc1NC1CCCC(NC(=O)OC(C)(C)C)C1. The second kappa shape index (κ2) is 7.23. The fraction of sp³-hybridized carbons (Fsp3) is 0.765. The molecular weight excluding hydrogens is 292 g/mol. The van der Waals surface area contributed by atoms with E-state index in [2.05, 4.69) is 22.7 Å². The third-order valence-electron chi connectivity index (χ3n) is 3.99. The topological polar surface area (TPSA) is 68.2 Å². The Morgan fingerprint density at radius 1 is 1.39 bits per heavy atom. The van der Waals surface area contributed by atoms with Crippen LogP contribution >= 0.6 is 0 Å². The Labute approximate surface area is 139 Å². The molecule has 2 N–H and O–H groups in total. The second-order valence-electron chi connectivity index (χ2n) is 7.37. The summed E-state index contributed by atoms with van der Waals surface area (Å²) in [5.74, 6) is 0. The fourth-order valence-electron chi connectivity index (χ4n) is 3.06. The summed E-state index contributed by atoms with van der Waals surface area (Å²) in [4.78, 5) is 11.9. The third-order valence-corrected chi connectivity index (χ3v) is 3.99. The van der Waals surface area contributed by atoms with E-state index in [1.54, 1.807) is 0 Å². The number of rotatable bonds is 4. The standard InChI is InChI=1S/C17H30N4O2/c1-6-14-15(11-21(5)20-14)18-12-8-7-9-13(10-12)19-16(22)23-17(2,3)4/h11-13,18H,6-10H2,1-5H3,(H,19,22). The number of carbonyl (C=O) groups excluding carboxylic acids is 1. The van der Waals surface area contributed by atoms with Gasteiger partial charge in [-0.15, -0.1) is 0 Å². The second-order valence-corrected chi connectivity index (χ2v) is 7.37. The van der Waals surface area contributed by atoms with Crippen molar-refractivity contribution in [3.05, 3.63) is 11.9 Å².